The van der Waals surface area contributed by atoms with Crippen LogP contribution in [-0.2, 0) is 4.79 Å². The summed E-state index contributed by atoms with van der Waals surface area (Å²) in [7, 11) is 0. The van der Waals surface area contributed by atoms with Crippen LogP contribution in [0.4, 0.5) is 0 Å². The van der Waals surface area contributed by atoms with Gasteiger partial charge in [-0.05, 0) is 37.4 Å². The first-order chi connectivity index (χ1) is 10.8. The van der Waals surface area contributed by atoms with E-state index in [1.807, 2.05) is 0 Å². The lowest BCUT2D eigenvalue weighted by molar-refractivity contribution is -0.135. The second-order valence-electron chi connectivity index (χ2n) is 6.96. The van der Waals surface area contributed by atoms with Gasteiger partial charge in [0.2, 0.25) is 5.91 Å². The van der Waals surface area contributed by atoms with Gasteiger partial charge in [0.05, 0.1) is 6.04 Å². The lowest BCUT2D eigenvalue weighted by Crippen LogP contribution is -2.60. The summed E-state index contributed by atoms with van der Waals surface area (Å²) >= 11 is 0. The van der Waals surface area contributed by atoms with Gasteiger partial charge in [-0.1, -0.05) is 30.3 Å². The van der Waals surface area contributed by atoms with Crippen LogP contribution in [0.15, 0.2) is 30.3 Å². The van der Waals surface area contributed by atoms with E-state index in [0.29, 0.717) is 36.9 Å². The number of hydrogen-bond acceptors (Lipinski definition) is 3. The van der Waals surface area contributed by atoms with E-state index < -0.39 is 0 Å². The molecule has 6 heteroatoms. The Morgan fingerprint density at radius 2 is 1.75 bits per heavy atom. The molecule has 0 radical (unpaired) electrons. The SMILES string of the molecule is Cl.Cl.NCCC(=O)N1C[C@@H](c2ccccc2)[C@@H]2[C@H]1C1CCN2CC1. The first kappa shape index (κ1) is 19.5. The Balaban J connectivity index is 0.00000104. The first-order valence-corrected chi connectivity index (χ1v) is 8.58. The van der Waals surface area contributed by atoms with Gasteiger partial charge in [0.1, 0.15) is 0 Å². The van der Waals surface area contributed by atoms with E-state index in [4.69, 9.17) is 5.73 Å². The molecule has 4 aliphatic heterocycles. The molecule has 2 N–H and O–H groups in total. The Hall–Kier alpha value is -0.810. The molecule has 0 aliphatic carbocycles. The van der Waals surface area contributed by atoms with Crippen LogP contribution < -0.4 is 5.73 Å². The third kappa shape index (κ3) is 3.17. The Morgan fingerprint density at radius 1 is 1.08 bits per heavy atom. The summed E-state index contributed by atoms with van der Waals surface area (Å²) in [5.74, 6) is 1.39. The molecule has 1 aromatic carbocycles. The molecule has 3 atom stereocenters. The van der Waals surface area contributed by atoms with Crippen molar-refractivity contribution in [1.82, 2.24) is 9.80 Å². The maximum Gasteiger partial charge on any atom is 0.224 e. The van der Waals surface area contributed by atoms with Gasteiger partial charge in [-0.3, -0.25) is 9.69 Å². The molecule has 0 aromatic heterocycles. The summed E-state index contributed by atoms with van der Waals surface area (Å²) in [6.07, 6.45) is 2.97. The fraction of sp³-hybridized carbons (Fsp3) is 0.611. The predicted molar refractivity (Wildman–Crippen MR) is 101 cm³/mol. The lowest BCUT2D eigenvalue weighted by atomic mass is 9.75. The van der Waals surface area contributed by atoms with Crippen molar-refractivity contribution in [2.24, 2.45) is 11.7 Å². The molecular formula is C18H27Cl2N3O. The van der Waals surface area contributed by atoms with E-state index in [-0.39, 0.29) is 30.7 Å². The minimum atomic E-state index is 0. The molecule has 134 valence electrons. The number of nitrogens with two attached hydrogens (primary N) is 1. The van der Waals surface area contributed by atoms with E-state index in [0.717, 1.165) is 6.54 Å². The number of halogens is 2. The molecule has 4 fully saturated rings. The fourth-order valence-corrected chi connectivity index (χ4v) is 4.96. The molecule has 4 saturated heterocycles. The standard InChI is InChI=1S/C18H25N3O.2ClH/c19-9-6-16(22)21-12-15(13-4-2-1-3-5-13)18-17(21)14-7-10-20(18)11-8-14;;/h1-5,14-15,17-18H,6-12,19H2;2*1H/t15-,17+,18+;;/m0../s1. The smallest absolute Gasteiger partial charge is 0.224 e. The van der Waals surface area contributed by atoms with Crippen molar-refractivity contribution >= 4 is 30.7 Å². The number of benzene rings is 1. The normalized spacial score (nSPS) is 33.4. The Labute approximate surface area is 156 Å². The minimum Gasteiger partial charge on any atom is -0.337 e. The average molecular weight is 372 g/mol. The molecule has 1 aromatic rings. The number of hydrogen-bond donors (Lipinski definition) is 1. The van der Waals surface area contributed by atoms with E-state index in [9.17, 15) is 4.79 Å². The Morgan fingerprint density at radius 3 is 2.38 bits per heavy atom. The van der Waals surface area contributed by atoms with Crippen LogP contribution in [0.1, 0.15) is 30.7 Å². The molecule has 1 amide bonds. The van der Waals surface area contributed by atoms with Crippen molar-refractivity contribution in [3.8, 4) is 0 Å². The van der Waals surface area contributed by atoms with Crippen molar-refractivity contribution in [2.75, 3.05) is 26.2 Å². The summed E-state index contributed by atoms with van der Waals surface area (Å²) in [5.41, 5.74) is 7.01. The summed E-state index contributed by atoms with van der Waals surface area (Å²) < 4.78 is 0. The maximum absolute atomic E-state index is 12.6. The van der Waals surface area contributed by atoms with E-state index in [1.165, 1.54) is 31.5 Å². The fourth-order valence-electron chi connectivity index (χ4n) is 4.96. The molecule has 2 bridgehead atoms. The number of piperidine rings is 3. The zero-order valence-corrected chi connectivity index (χ0v) is 15.5. The highest BCUT2D eigenvalue weighted by Crippen LogP contribution is 2.46. The third-order valence-electron chi connectivity index (χ3n) is 5.90. The van der Waals surface area contributed by atoms with Crippen LogP contribution in [0, 0.1) is 5.92 Å². The second kappa shape index (κ2) is 8.05. The maximum atomic E-state index is 12.6. The van der Waals surface area contributed by atoms with E-state index in [2.05, 4.69) is 40.1 Å². The van der Waals surface area contributed by atoms with Crippen molar-refractivity contribution < 1.29 is 4.79 Å². The first-order valence-electron chi connectivity index (χ1n) is 8.58. The van der Waals surface area contributed by atoms with Gasteiger partial charge < -0.3 is 10.6 Å². The lowest BCUT2D eigenvalue weighted by Gasteiger charge is -2.51. The highest BCUT2D eigenvalue weighted by Gasteiger charge is 2.54. The van der Waals surface area contributed by atoms with Gasteiger partial charge in [0.15, 0.2) is 0 Å². The number of fused-ring (bicyclic) bond motifs is 2. The minimum absolute atomic E-state index is 0. The van der Waals surface area contributed by atoms with Crippen molar-refractivity contribution in [1.29, 1.82) is 0 Å². The Bertz CT molecular complexity index is 548. The quantitative estimate of drug-likeness (QED) is 0.886. The molecule has 4 nitrogen and oxygen atoms in total. The molecule has 4 heterocycles. The van der Waals surface area contributed by atoms with Crippen molar-refractivity contribution in [3.63, 3.8) is 0 Å². The summed E-state index contributed by atoms with van der Waals surface area (Å²) in [6, 6.07) is 11.7. The molecule has 0 saturated carbocycles. The van der Waals surface area contributed by atoms with Gasteiger partial charge in [-0.25, -0.2) is 0 Å². The van der Waals surface area contributed by atoms with Crippen LogP contribution in [0.25, 0.3) is 0 Å². The predicted octanol–water partition coefficient (Wildman–Crippen LogP) is 2.27. The van der Waals surface area contributed by atoms with Crippen LogP contribution in [-0.4, -0.2) is 54.0 Å². The number of carbonyl (C=O) groups is 1. The highest BCUT2D eigenvalue weighted by molar-refractivity contribution is 5.85. The summed E-state index contributed by atoms with van der Waals surface area (Å²) in [6.45, 7) is 3.73. The molecule has 4 aliphatic rings. The van der Waals surface area contributed by atoms with Crippen molar-refractivity contribution in [3.05, 3.63) is 35.9 Å². The Kier molecular flexibility index (Phi) is 6.54. The number of nitrogens with zero attached hydrogens (tertiary/aromatic N) is 2. The van der Waals surface area contributed by atoms with Crippen molar-refractivity contribution in [2.45, 2.75) is 37.3 Å². The monoisotopic (exact) mass is 371 g/mol. The van der Waals surface area contributed by atoms with Crippen LogP contribution in [0.2, 0.25) is 0 Å². The van der Waals surface area contributed by atoms with Gasteiger partial charge in [-0.15, -0.1) is 24.8 Å². The zero-order valence-electron chi connectivity index (χ0n) is 13.8. The number of amides is 1. The van der Waals surface area contributed by atoms with Gasteiger partial charge in [0.25, 0.3) is 0 Å². The van der Waals surface area contributed by atoms with Gasteiger partial charge in [0, 0.05) is 31.5 Å². The van der Waals surface area contributed by atoms with E-state index in [1.54, 1.807) is 0 Å². The summed E-state index contributed by atoms with van der Waals surface area (Å²) in [5, 5.41) is 0. The number of rotatable bonds is 3. The molecular weight excluding hydrogens is 345 g/mol. The van der Waals surface area contributed by atoms with Crippen LogP contribution in [0.3, 0.4) is 0 Å². The summed E-state index contributed by atoms with van der Waals surface area (Å²) in [4.78, 5) is 17.4. The molecule has 0 unspecified atom stereocenters. The second-order valence-corrected chi connectivity index (χ2v) is 6.96. The van der Waals surface area contributed by atoms with E-state index >= 15 is 0 Å². The van der Waals surface area contributed by atoms with Crippen LogP contribution in [0.5, 0.6) is 0 Å². The van der Waals surface area contributed by atoms with Gasteiger partial charge in [-0.2, -0.15) is 0 Å². The number of likely N-dealkylation sites (tertiary alicyclic amines) is 1. The number of carbonyl (C=O) groups excluding carboxylic acids is 1. The average Bonchev–Trinajstić information content (AvgIpc) is 3.00. The molecule has 24 heavy (non-hydrogen) atoms. The topological polar surface area (TPSA) is 49.6 Å². The molecule has 5 rings (SSSR count). The van der Waals surface area contributed by atoms with Crippen LogP contribution >= 0.6 is 24.8 Å². The highest BCUT2D eigenvalue weighted by atomic mass is 35.5. The van der Waals surface area contributed by atoms with Gasteiger partial charge >= 0.3 is 0 Å². The third-order valence-corrected chi connectivity index (χ3v) is 5.90. The molecule has 0 spiro atoms. The zero-order chi connectivity index (χ0) is 15.1. The largest absolute Gasteiger partial charge is 0.337 e.